The van der Waals surface area contributed by atoms with Crippen LogP contribution in [-0.2, 0) is 26.6 Å². The van der Waals surface area contributed by atoms with Gasteiger partial charge in [-0.15, -0.1) is 0 Å². The number of carbonyl (C=O) groups is 3. The summed E-state index contributed by atoms with van der Waals surface area (Å²) in [6.45, 7) is 12.4. The van der Waals surface area contributed by atoms with Crippen molar-refractivity contribution in [2.45, 2.75) is 104 Å². The first-order valence-electron chi connectivity index (χ1n) is 14.7. The minimum absolute atomic E-state index is 0.0913. The van der Waals surface area contributed by atoms with Gasteiger partial charge >= 0.3 is 0 Å². The maximum Gasteiger partial charge on any atom is 0.243 e. The molecule has 2 atom stereocenters. The van der Waals surface area contributed by atoms with Crippen molar-refractivity contribution >= 4 is 29.4 Å². The second-order valence-corrected chi connectivity index (χ2v) is 12.4. The number of aliphatic imine (C=N–C) groups is 1. The molecule has 10 heteroatoms. The zero-order valence-corrected chi connectivity index (χ0v) is 26.5. The minimum atomic E-state index is -1.71. The number of carbonyl (C=O) groups excluding carboxylic acids is 3. The molecule has 4 N–H and O–H groups in total. The van der Waals surface area contributed by atoms with Crippen molar-refractivity contribution in [3.63, 3.8) is 0 Å². The van der Waals surface area contributed by atoms with Crippen LogP contribution < -0.4 is 16.4 Å². The van der Waals surface area contributed by atoms with Crippen LogP contribution in [0.1, 0.15) is 92.0 Å². The lowest BCUT2D eigenvalue weighted by atomic mass is 9.84. The second kappa shape index (κ2) is 15.1. The van der Waals surface area contributed by atoms with Gasteiger partial charge in [0.25, 0.3) is 0 Å². The van der Waals surface area contributed by atoms with Crippen LogP contribution in [0.25, 0.3) is 5.57 Å². The first-order valence-corrected chi connectivity index (χ1v) is 14.7. The molecular weight excluding hydrogens is 535 g/mol. The number of alkyl halides is 1. The van der Waals surface area contributed by atoms with Crippen molar-refractivity contribution in [3.8, 4) is 0 Å². The van der Waals surface area contributed by atoms with Crippen LogP contribution in [0.4, 0.5) is 4.39 Å². The molecule has 9 nitrogen and oxygen atoms in total. The Labute approximate surface area is 250 Å². The van der Waals surface area contributed by atoms with Gasteiger partial charge in [0, 0.05) is 25.6 Å². The molecule has 1 aliphatic rings. The molecule has 0 bridgehead atoms. The highest BCUT2D eigenvalue weighted by molar-refractivity contribution is 5.91. The lowest BCUT2D eigenvalue weighted by Crippen LogP contribution is -2.56. The number of rotatable bonds is 15. The smallest absolute Gasteiger partial charge is 0.243 e. The first-order chi connectivity index (χ1) is 19.6. The molecule has 1 aromatic rings. The fourth-order valence-corrected chi connectivity index (χ4v) is 4.49. The van der Waals surface area contributed by atoms with Crippen molar-refractivity contribution in [2.24, 2.45) is 22.6 Å². The van der Waals surface area contributed by atoms with E-state index in [2.05, 4.69) is 34.6 Å². The van der Waals surface area contributed by atoms with Crippen LogP contribution in [0.15, 0.2) is 41.1 Å². The summed E-state index contributed by atoms with van der Waals surface area (Å²) >= 11 is 0. The van der Waals surface area contributed by atoms with Crippen molar-refractivity contribution in [2.75, 3.05) is 7.05 Å². The van der Waals surface area contributed by atoms with Gasteiger partial charge < -0.3 is 16.4 Å². The van der Waals surface area contributed by atoms with Crippen LogP contribution in [0.3, 0.4) is 0 Å². The fraction of sp³-hybridized carbons (Fsp3) is 0.594. The maximum atomic E-state index is 15.1. The Balaban J connectivity index is 2.43. The second-order valence-electron chi connectivity index (χ2n) is 12.4. The number of aromatic nitrogens is 2. The predicted molar refractivity (Wildman–Crippen MR) is 166 cm³/mol. The number of hydrogen-bond acceptors (Lipinski definition) is 6. The number of ketones is 1. The lowest BCUT2D eigenvalue weighted by molar-refractivity contribution is -0.133. The minimum Gasteiger partial charge on any atom is -0.404 e. The third kappa shape index (κ3) is 10.4. The summed E-state index contributed by atoms with van der Waals surface area (Å²) in [4.78, 5) is 42.2. The summed E-state index contributed by atoms with van der Waals surface area (Å²) in [7, 11) is 1.61. The Morgan fingerprint density at radius 2 is 1.90 bits per heavy atom. The van der Waals surface area contributed by atoms with E-state index in [1.165, 1.54) is 33.0 Å². The van der Waals surface area contributed by atoms with Crippen molar-refractivity contribution in [1.29, 1.82) is 0 Å². The van der Waals surface area contributed by atoms with E-state index in [-0.39, 0.29) is 48.1 Å². The van der Waals surface area contributed by atoms with Gasteiger partial charge in [-0.1, -0.05) is 32.8 Å². The van der Waals surface area contributed by atoms with Crippen LogP contribution in [0.5, 0.6) is 0 Å². The summed E-state index contributed by atoms with van der Waals surface area (Å²) in [5, 5.41) is 10.6. The number of allylic oxidation sites excluding steroid dienone is 4. The van der Waals surface area contributed by atoms with E-state index in [1.54, 1.807) is 30.1 Å². The average Bonchev–Trinajstić information content (AvgIpc) is 3.27. The summed E-state index contributed by atoms with van der Waals surface area (Å²) in [6, 6.07) is 0.836. The Hall–Kier alpha value is -3.56. The van der Waals surface area contributed by atoms with Gasteiger partial charge in [-0.25, -0.2) is 4.39 Å². The van der Waals surface area contributed by atoms with Crippen LogP contribution in [-0.4, -0.2) is 52.2 Å². The molecule has 0 aromatic carbocycles. The first kappa shape index (κ1) is 34.6. The number of nitrogens with zero attached hydrogens (tertiary/aromatic N) is 3. The van der Waals surface area contributed by atoms with Crippen LogP contribution >= 0.6 is 0 Å². The van der Waals surface area contributed by atoms with E-state index in [0.29, 0.717) is 11.3 Å². The normalized spacial score (nSPS) is 16.9. The largest absolute Gasteiger partial charge is 0.404 e. The van der Waals surface area contributed by atoms with E-state index in [9.17, 15) is 14.4 Å². The lowest BCUT2D eigenvalue weighted by Gasteiger charge is -2.31. The molecule has 2 unspecified atom stereocenters. The van der Waals surface area contributed by atoms with Crippen LogP contribution in [0.2, 0.25) is 0 Å². The number of nitrogens with one attached hydrogen (secondary N) is 2. The Bertz CT molecular complexity index is 1230. The average molecular weight is 585 g/mol. The SMILES string of the molecule is CCC(C)/C=C(\C=C/C(C)=O)c1cc(C(C)(C)F)nn1CC(C)(C)NC(=O)C(C/C(C=NC)=C/N)NC(=O)C1CCC1. The van der Waals surface area contributed by atoms with E-state index in [1.807, 2.05) is 19.9 Å². The maximum absolute atomic E-state index is 15.1. The van der Waals surface area contributed by atoms with Gasteiger partial charge in [-0.3, -0.25) is 24.1 Å². The number of halogens is 1. The number of amides is 2. The fourth-order valence-electron chi connectivity index (χ4n) is 4.49. The van der Waals surface area contributed by atoms with E-state index in [0.717, 1.165) is 31.3 Å². The molecule has 1 saturated carbocycles. The van der Waals surface area contributed by atoms with E-state index >= 15 is 4.39 Å². The topological polar surface area (TPSA) is 131 Å². The highest BCUT2D eigenvalue weighted by Gasteiger charge is 2.33. The van der Waals surface area contributed by atoms with Crippen LogP contribution in [0, 0.1) is 11.8 Å². The third-order valence-electron chi connectivity index (χ3n) is 7.35. The van der Waals surface area contributed by atoms with Gasteiger partial charge in [-0.05, 0) is 88.9 Å². The number of nitrogens with two attached hydrogens (primary N) is 1. The van der Waals surface area contributed by atoms with Gasteiger partial charge in [0.1, 0.15) is 11.7 Å². The molecule has 1 aliphatic carbocycles. The molecule has 0 radical (unpaired) electrons. The molecule has 2 amide bonds. The molecule has 1 aromatic heterocycles. The van der Waals surface area contributed by atoms with Gasteiger partial charge in [-0.2, -0.15) is 5.10 Å². The highest BCUT2D eigenvalue weighted by atomic mass is 19.1. The van der Waals surface area contributed by atoms with Gasteiger partial charge in [0.05, 0.1) is 23.5 Å². The number of hydrogen-bond donors (Lipinski definition) is 3. The van der Waals surface area contributed by atoms with Crippen molar-refractivity contribution < 1.29 is 18.8 Å². The van der Waals surface area contributed by atoms with Gasteiger partial charge in [0.2, 0.25) is 11.8 Å². The zero-order valence-electron chi connectivity index (χ0n) is 26.5. The summed E-state index contributed by atoms with van der Waals surface area (Å²) in [5.74, 6) is -0.519. The Kier molecular flexibility index (Phi) is 12.4. The zero-order chi connectivity index (χ0) is 31.7. The van der Waals surface area contributed by atoms with Crippen molar-refractivity contribution in [3.05, 3.63) is 47.5 Å². The van der Waals surface area contributed by atoms with E-state index < -0.39 is 17.2 Å². The highest BCUT2D eigenvalue weighted by Crippen LogP contribution is 2.30. The molecule has 1 heterocycles. The monoisotopic (exact) mass is 584 g/mol. The molecule has 0 saturated heterocycles. The van der Waals surface area contributed by atoms with E-state index in [4.69, 9.17) is 5.73 Å². The third-order valence-corrected chi connectivity index (χ3v) is 7.35. The molecule has 2 rings (SSSR count). The molecular formula is C32H49FN6O3. The molecule has 232 valence electrons. The molecule has 0 aliphatic heterocycles. The molecule has 42 heavy (non-hydrogen) atoms. The Morgan fingerprint density at radius 3 is 2.40 bits per heavy atom. The quantitative estimate of drug-likeness (QED) is 0.155. The summed E-state index contributed by atoms with van der Waals surface area (Å²) < 4.78 is 16.8. The summed E-state index contributed by atoms with van der Waals surface area (Å²) in [5.41, 5.74) is 5.44. The Morgan fingerprint density at radius 1 is 1.24 bits per heavy atom. The predicted octanol–water partition coefficient (Wildman–Crippen LogP) is 4.78. The molecule has 1 fully saturated rings. The standard InChI is InChI=1S/C32H49FN6O3/c1-9-21(2)15-25(14-13-22(3)40)27-17-28(32(6,7)33)38-39(27)20-31(4,5)37-30(42)26(16-23(18-34)19-35-8)36-29(41)24-11-10-12-24/h13-15,17-19,21,24,26H,9-12,16,20,34H2,1-8H3,(H,36,41)(H,37,42)/b14-13-,23-18-,25-15+,35-19?. The van der Waals surface area contributed by atoms with Gasteiger partial charge in [0.15, 0.2) is 5.78 Å². The van der Waals surface area contributed by atoms with Crippen molar-refractivity contribution in [1.82, 2.24) is 20.4 Å². The summed E-state index contributed by atoms with van der Waals surface area (Å²) in [6.07, 6.45) is 11.9. The molecule has 0 spiro atoms.